The number of hydrogen-bond acceptors (Lipinski definition) is 5. The number of carbonyl (C=O) groups is 4. The van der Waals surface area contributed by atoms with Crippen molar-refractivity contribution >= 4 is 29.6 Å². The molecule has 0 aromatic heterocycles. The summed E-state index contributed by atoms with van der Waals surface area (Å²) in [4.78, 5) is 51.2. The number of alkyl carbamates (subject to hydrolysis) is 1. The van der Waals surface area contributed by atoms with E-state index in [2.05, 4.69) is 41.9 Å². The largest absolute Gasteiger partial charge is 0.481 e. The number of carboxylic acid groups (broad SMARTS) is 1. The third-order valence-corrected chi connectivity index (χ3v) is 11.0. The minimum atomic E-state index is -1.12. The highest BCUT2D eigenvalue weighted by Gasteiger charge is 2.54. The molecule has 0 bridgehead atoms. The lowest BCUT2D eigenvalue weighted by atomic mass is 9.49. The number of benzene rings is 3. The summed E-state index contributed by atoms with van der Waals surface area (Å²) < 4.78 is 5.66. The van der Waals surface area contributed by atoms with Crippen molar-refractivity contribution in [3.63, 3.8) is 0 Å². The maximum Gasteiger partial charge on any atom is 0.407 e. The van der Waals surface area contributed by atoms with Crippen LogP contribution in [0, 0.1) is 11.3 Å². The van der Waals surface area contributed by atoms with Gasteiger partial charge in [0.05, 0.1) is 5.41 Å². The second kappa shape index (κ2) is 12.9. The van der Waals surface area contributed by atoms with Crippen LogP contribution in [0.25, 0.3) is 11.1 Å². The standard InChI is InChI=1S/C38H43N3O6/c1-37-19-8-20-38(2,35(45)39-3)32(37)17-14-23-13-15-24(21-30(23)37)40-34(44)31(16-18-33(42)43)41-36(46)47-22-29-27-11-6-4-9-25(27)26-10-5-7-12-28(26)29/h4-7,9-13,15,21,29,31-32H,8,14,16-20,22H2,1-3H3,(H,39,45)(H,40,44)(H,41,46)(H,42,43)/t31?,32?,37?,38-/m0/s1. The highest BCUT2D eigenvalue weighted by Crippen LogP contribution is 2.57. The Kier molecular flexibility index (Phi) is 8.83. The average molecular weight is 638 g/mol. The van der Waals surface area contributed by atoms with Crippen molar-refractivity contribution in [3.05, 3.63) is 89.0 Å². The van der Waals surface area contributed by atoms with Crippen LogP contribution in [0.15, 0.2) is 66.7 Å². The molecule has 3 unspecified atom stereocenters. The van der Waals surface area contributed by atoms with Gasteiger partial charge < -0.3 is 25.8 Å². The van der Waals surface area contributed by atoms with Crippen molar-refractivity contribution in [1.29, 1.82) is 0 Å². The van der Waals surface area contributed by atoms with Crippen molar-refractivity contribution in [1.82, 2.24) is 10.6 Å². The van der Waals surface area contributed by atoms with E-state index < -0.39 is 29.4 Å². The highest BCUT2D eigenvalue weighted by atomic mass is 16.5. The zero-order valence-corrected chi connectivity index (χ0v) is 27.2. The number of nitrogens with one attached hydrogen (secondary N) is 3. The summed E-state index contributed by atoms with van der Waals surface area (Å²) in [5.74, 6) is -1.51. The van der Waals surface area contributed by atoms with Crippen LogP contribution in [0.5, 0.6) is 0 Å². The molecule has 0 aliphatic heterocycles. The fraction of sp³-hybridized carbons (Fsp3) is 0.421. The van der Waals surface area contributed by atoms with Crippen molar-refractivity contribution in [2.75, 3.05) is 19.0 Å². The van der Waals surface area contributed by atoms with E-state index >= 15 is 0 Å². The minimum Gasteiger partial charge on any atom is -0.481 e. The first-order valence-corrected chi connectivity index (χ1v) is 16.5. The number of carbonyl (C=O) groups excluding carboxylic acids is 3. The topological polar surface area (TPSA) is 134 Å². The number of carboxylic acids is 1. The van der Waals surface area contributed by atoms with Crippen LogP contribution in [0.1, 0.15) is 80.5 Å². The fourth-order valence-corrected chi connectivity index (χ4v) is 8.64. The Balaban J connectivity index is 1.17. The number of rotatable bonds is 9. The first kappa shape index (κ1) is 32.3. The smallest absolute Gasteiger partial charge is 0.407 e. The summed E-state index contributed by atoms with van der Waals surface area (Å²) in [7, 11) is 1.70. The van der Waals surface area contributed by atoms with Crippen LogP contribution < -0.4 is 16.0 Å². The quantitative estimate of drug-likeness (QED) is 0.222. The molecular formula is C38H43N3O6. The Bertz CT molecular complexity index is 1680. The lowest BCUT2D eigenvalue weighted by Gasteiger charge is -2.54. The normalized spacial score (nSPS) is 23.3. The molecule has 0 radical (unpaired) electrons. The Hall–Kier alpha value is -4.66. The second-order valence-electron chi connectivity index (χ2n) is 13.7. The number of amides is 3. The molecule has 3 amide bonds. The van der Waals surface area contributed by atoms with Crippen LogP contribution in [0.3, 0.4) is 0 Å². The van der Waals surface area contributed by atoms with E-state index in [9.17, 15) is 24.3 Å². The van der Waals surface area contributed by atoms with E-state index in [0.717, 1.165) is 59.9 Å². The maximum absolute atomic E-state index is 13.6. The molecule has 3 aromatic rings. The maximum atomic E-state index is 13.6. The molecule has 9 heteroatoms. The minimum absolute atomic E-state index is 0.0712. The Morgan fingerprint density at radius 1 is 0.957 bits per heavy atom. The third-order valence-electron chi connectivity index (χ3n) is 11.0. The lowest BCUT2D eigenvalue weighted by Crippen LogP contribution is -2.54. The summed E-state index contributed by atoms with van der Waals surface area (Å²) in [6, 6.07) is 20.8. The number of aliphatic carboxylic acids is 1. The van der Waals surface area contributed by atoms with Crippen molar-refractivity contribution in [3.8, 4) is 11.1 Å². The molecule has 47 heavy (non-hydrogen) atoms. The molecule has 0 spiro atoms. The van der Waals surface area contributed by atoms with Gasteiger partial charge in [0.25, 0.3) is 0 Å². The van der Waals surface area contributed by atoms with E-state index in [0.29, 0.717) is 5.69 Å². The fourth-order valence-electron chi connectivity index (χ4n) is 8.64. The molecule has 4 N–H and O–H groups in total. The van der Waals surface area contributed by atoms with Crippen LogP contribution in [-0.2, 0) is 31.0 Å². The van der Waals surface area contributed by atoms with Gasteiger partial charge in [-0.2, -0.15) is 0 Å². The van der Waals surface area contributed by atoms with E-state index in [1.807, 2.05) is 54.6 Å². The average Bonchev–Trinajstić information content (AvgIpc) is 3.38. The number of aryl methyl sites for hydroxylation is 1. The highest BCUT2D eigenvalue weighted by molar-refractivity contribution is 5.97. The van der Waals surface area contributed by atoms with Crippen LogP contribution >= 0.6 is 0 Å². The number of fused-ring (bicyclic) bond motifs is 6. The van der Waals surface area contributed by atoms with Crippen LogP contribution in [0.4, 0.5) is 10.5 Å². The van der Waals surface area contributed by atoms with Crippen molar-refractivity contribution in [2.24, 2.45) is 11.3 Å². The summed E-state index contributed by atoms with van der Waals surface area (Å²) >= 11 is 0. The SMILES string of the molecule is CNC(=O)[C@@]1(C)CCCC2(C)c3cc(NC(=O)C(CCC(=O)O)NC(=O)OCC4c5ccccc5-c5ccccc54)ccc3CCC21. The first-order chi connectivity index (χ1) is 22.5. The van der Waals surface area contributed by atoms with Gasteiger partial charge in [0.1, 0.15) is 12.6 Å². The van der Waals surface area contributed by atoms with E-state index in [-0.39, 0.29) is 42.6 Å². The molecule has 0 heterocycles. The van der Waals surface area contributed by atoms with Crippen LogP contribution in [-0.4, -0.2) is 48.7 Å². The summed E-state index contributed by atoms with van der Waals surface area (Å²) in [6.07, 6.45) is 3.29. The molecule has 6 rings (SSSR count). The van der Waals surface area contributed by atoms with E-state index in [4.69, 9.17) is 4.74 Å². The molecule has 0 saturated heterocycles. The number of anilines is 1. The Morgan fingerprint density at radius 2 is 1.64 bits per heavy atom. The van der Waals surface area contributed by atoms with E-state index in [1.165, 1.54) is 5.56 Å². The van der Waals surface area contributed by atoms with Gasteiger partial charge >= 0.3 is 12.1 Å². The summed E-state index contributed by atoms with van der Waals surface area (Å²) in [5.41, 5.74) is 6.54. The van der Waals surface area contributed by atoms with Gasteiger partial charge in [0.15, 0.2) is 0 Å². The monoisotopic (exact) mass is 637 g/mol. The molecule has 9 nitrogen and oxygen atoms in total. The number of ether oxygens (including phenoxy) is 1. The molecule has 3 aliphatic rings. The number of hydrogen-bond donors (Lipinski definition) is 4. The van der Waals surface area contributed by atoms with Gasteiger partial charge in [0.2, 0.25) is 11.8 Å². The molecule has 4 atom stereocenters. The predicted octanol–water partition coefficient (Wildman–Crippen LogP) is 6.15. The Morgan fingerprint density at radius 3 is 2.30 bits per heavy atom. The van der Waals surface area contributed by atoms with E-state index in [1.54, 1.807) is 7.05 Å². The van der Waals surface area contributed by atoms with Gasteiger partial charge in [0, 0.05) is 25.1 Å². The molecule has 3 aliphatic carbocycles. The summed E-state index contributed by atoms with van der Waals surface area (Å²) in [6.45, 7) is 4.38. The zero-order valence-electron chi connectivity index (χ0n) is 27.2. The molecule has 1 fully saturated rings. The first-order valence-electron chi connectivity index (χ1n) is 16.5. The van der Waals surface area contributed by atoms with Gasteiger partial charge in [-0.25, -0.2) is 4.79 Å². The molecule has 1 saturated carbocycles. The zero-order chi connectivity index (χ0) is 33.3. The van der Waals surface area contributed by atoms with Crippen molar-refractivity contribution in [2.45, 2.75) is 76.2 Å². The summed E-state index contributed by atoms with van der Waals surface area (Å²) in [5, 5.41) is 17.8. The molecule has 246 valence electrons. The van der Waals surface area contributed by atoms with Crippen LogP contribution in [0.2, 0.25) is 0 Å². The Labute approximate surface area is 275 Å². The van der Waals surface area contributed by atoms with Crippen molar-refractivity contribution < 1.29 is 29.0 Å². The second-order valence-corrected chi connectivity index (χ2v) is 13.7. The van der Waals surface area contributed by atoms with Gasteiger partial charge in [-0.15, -0.1) is 0 Å². The van der Waals surface area contributed by atoms with Gasteiger partial charge in [-0.3, -0.25) is 14.4 Å². The van der Waals surface area contributed by atoms with Gasteiger partial charge in [-0.05, 0) is 89.0 Å². The third kappa shape index (κ3) is 5.99. The van der Waals surface area contributed by atoms with Gasteiger partial charge in [-0.1, -0.05) is 74.9 Å². The predicted molar refractivity (Wildman–Crippen MR) is 179 cm³/mol. The lowest BCUT2D eigenvalue weighted by molar-refractivity contribution is -0.138. The molecular weight excluding hydrogens is 594 g/mol. The molecule has 3 aromatic carbocycles.